The van der Waals surface area contributed by atoms with Crippen LogP contribution < -0.4 is 0 Å². The number of fused-ring (bicyclic) bond motifs is 1. The molecule has 0 bridgehead atoms. The van der Waals surface area contributed by atoms with Gasteiger partial charge in [0.15, 0.2) is 5.78 Å². The van der Waals surface area contributed by atoms with Crippen LogP contribution in [0.3, 0.4) is 0 Å². The standard InChI is InChI=1S/C24H20O/c1-17-7-9-18(10-8-17)15-22-14-12-20-11-13-21(16-23(20)24(22)25)19-5-3-2-4-6-19/h2-11,13,15-16H,12,14H2,1H3/b22-15+. The molecule has 0 aliphatic heterocycles. The van der Waals surface area contributed by atoms with E-state index in [9.17, 15) is 4.79 Å². The predicted octanol–water partition coefficient (Wildman–Crippen LogP) is 5.87. The first-order chi connectivity index (χ1) is 12.2. The van der Waals surface area contributed by atoms with Crippen molar-refractivity contribution >= 4 is 11.9 Å². The Morgan fingerprint density at radius 2 is 1.56 bits per heavy atom. The van der Waals surface area contributed by atoms with Gasteiger partial charge in [0.2, 0.25) is 0 Å². The Hall–Kier alpha value is -2.93. The summed E-state index contributed by atoms with van der Waals surface area (Å²) in [6, 6.07) is 24.8. The number of hydrogen-bond acceptors (Lipinski definition) is 1. The molecular formula is C24H20O. The van der Waals surface area contributed by atoms with Gasteiger partial charge in [0.05, 0.1) is 0 Å². The van der Waals surface area contributed by atoms with Crippen LogP contribution >= 0.6 is 0 Å². The normalized spacial score (nSPS) is 15.2. The molecule has 3 aromatic rings. The fraction of sp³-hybridized carbons (Fsp3) is 0.125. The molecule has 3 aromatic carbocycles. The highest BCUT2D eigenvalue weighted by atomic mass is 16.1. The van der Waals surface area contributed by atoms with Gasteiger partial charge in [-0.2, -0.15) is 0 Å². The van der Waals surface area contributed by atoms with Crippen LogP contribution in [-0.2, 0) is 6.42 Å². The highest BCUT2D eigenvalue weighted by molar-refractivity contribution is 6.13. The number of carbonyl (C=O) groups is 1. The zero-order chi connectivity index (χ0) is 17.2. The number of Topliss-reactive ketones (excluding diaryl/α,β-unsaturated/α-hetero) is 1. The minimum atomic E-state index is 0.166. The lowest BCUT2D eigenvalue weighted by molar-refractivity contribution is 0.102. The van der Waals surface area contributed by atoms with E-state index in [0.29, 0.717) is 0 Å². The Morgan fingerprint density at radius 1 is 0.800 bits per heavy atom. The van der Waals surface area contributed by atoms with E-state index in [2.05, 4.69) is 61.5 Å². The summed E-state index contributed by atoms with van der Waals surface area (Å²) in [4.78, 5) is 13.0. The Balaban J connectivity index is 1.71. The van der Waals surface area contributed by atoms with Crippen molar-refractivity contribution in [3.8, 4) is 11.1 Å². The van der Waals surface area contributed by atoms with Crippen LogP contribution in [0.25, 0.3) is 17.2 Å². The molecule has 0 amide bonds. The molecule has 0 radical (unpaired) electrons. The maximum Gasteiger partial charge on any atom is 0.189 e. The second-order valence-electron chi connectivity index (χ2n) is 6.65. The Bertz CT molecular complexity index is 947. The van der Waals surface area contributed by atoms with Crippen LogP contribution in [0, 0.1) is 6.92 Å². The second-order valence-corrected chi connectivity index (χ2v) is 6.65. The SMILES string of the molecule is Cc1ccc(/C=C2\CCc3ccc(-c4ccccc4)cc3C2=O)cc1. The maximum absolute atomic E-state index is 13.0. The Labute approximate surface area is 148 Å². The molecule has 1 aliphatic rings. The average Bonchev–Trinajstić information content (AvgIpc) is 2.66. The van der Waals surface area contributed by atoms with E-state index in [4.69, 9.17) is 0 Å². The predicted molar refractivity (Wildman–Crippen MR) is 104 cm³/mol. The Kier molecular flexibility index (Phi) is 4.07. The molecule has 122 valence electrons. The van der Waals surface area contributed by atoms with Crippen molar-refractivity contribution in [2.45, 2.75) is 19.8 Å². The van der Waals surface area contributed by atoms with Gasteiger partial charge in [-0.15, -0.1) is 0 Å². The fourth-order valence-electron chi connectivity index (χ4n) is 3.37. The molecule has 0 heterocycles. The lowest BCUT2D eigenvalue weighted by atomic mass is 9.84. The largest absolute Gasteiger partial charge is 0.289 e. The van der Waals surface area contributed by atoms with Crippen molar-refractivity contribution in [1.29, 1.82) is 0 Å². The lowest BCUT2D eigenvalue weighted by Crippen LogP contribution is -2.14. The van der Waals surface area contributed by atoms with Gasteiger partial charge in [-0.05, 0) is 54.2 Å². The molecule has 0 N–H and O–H groups in total. The zero-order valence-corrected chi connectivity index (χ0v) is 14.3. The third kappa shape index (κ3) is 3.18. The maximum atomic E-state index is 13.0. The number of carbonyl (C=O) groups excluding carboxylic acids is 1. The average molecular weight is 324 g/mol. The van der Waals surface area contributed by atoms with Gasteiger partial charge in [-0.3, -0.25) is 4.79 Å². The first kappa shape index (κ1) is 15.6. The van der Waals surface area contributed by atoms with Crippen LogP contribution in [0.4, 0.5) is 0 Å². The van der Waals surface area contributed by atoms with Gasteiger partial charge < -0.3 is 0 Å². The van der Waals surface area contributed by atoms with Gasteiger partial charge in [0.25, 0.3) is 0 Å². The molecule has 0 saturated heterocycles. The van der Waals surface area contributed by atoms with Gasteiger partial charge in [-0.1, -0.05) is 72.3 Å². The number of allylic oxidation sites excluding steroid dienone is 1. The molecule has 0 aromatic heterocycles. The topological polar surface area (TPSA) is 17.1 Å². The molecule has 0 spiro atoms. The van der Waals surface area contributed by atoms with Crippen molar-refractivity contribution in [2.75, 3.05) is 0 Å². The van der Waals surface area contributed by atoms with E-state index in [1.807, 2.05) is 24.3 Å². The van der Waals surface area contributed by atoms with Gasteiger partial charge in [-0.25, -0.2) is 0 Å². The minimum absolute atomic E-state index is 0.166. The van der Waals surface area contributed by atoms with Crippen LogP contribution in [0.5, 0.6) is 0 Å². The second kappa shape index (κ2) is 6.52. The van der Waals surface area contributed by atoms with Crippen molar-refractivity contribution < 1.29 is 4.79 Å². The van der Waals surface area contributed by atoms with E-state index in [1.54, 1.807) is 0 Å². The lowest BCUT2D eigenvalue weighted by Gasteiger charge is -2.18. The number of benzene rings is 3. The summed E-state index contributed by atoms with van der Waals surface area (Å²) < 4.78 is 0. The summed E-state index contributed by atoms with van der Waals surface area (Å²) in [5.74, 6) is 0.166. The van der Waals surface area contributed by atoms with Crippen LogP contribution in [0.1, 0.15) is 33.5 Å². The van der Waals surface area contributed by atoms with E-state index in [0.717, 1.165) is 46.2 Å². The number of hydrogen-bond donors (Lipinski definition) is 0. The molecule has 0 unspecified atom stereocenters. The molecule has 0 fully saturated rings. The smallest absolute Gasteiger partial charge is 0.189 e. The number of ketones is 1. The van der Waals surface area contributed by atoms with E-state index in [-0.39, 0.29) is 5.78 Å². The van der Waals surface area contributed by atoms with Crippen molar-refractivity contribution in [1.82, 2.24) is 0 Å². The molecule has 1 nitrogen and oxygen atoms in total. The monoisotopic (exact) mass is 324 g/mol. The number of rotatable bonds is 2. The summed E-state index contributed by atoms with van der Waals surface area (Å²) in [5.41, 5.74) is 7.49. The van der Waals surface area contributed by atoms with Crippen LogP contribution in [-0.4, -0.2) is 5.78 Å². The van der Waals surface area contributed by atoms with E-state index >= 15 is 0 Å². The van der Waals surface area contributed by atoms with Gasteiger partial charge >= 0.3 is 0 Å². The molecular weight excluding hydrogens is 304 g/mol. The van der Waals surface area contributed by atoms with Crippen molar-refractivity contribution in [3.63, 3.8) is 0 Å². The summed E-state index contributed by atoms with van der Waals surface area (Å²) >= 11 is 0. The minimum Gasteiger partial charge on any atom is -0.289 e. The van der Waals surface area contributed by atoms with Crippen LogP contribution in [0.2, 0.25) is 0 Å². The molecule has 0 saturated carbocycles. The van der Waals surface area contributed by atoms with Crippen LogP contribution in [0.15, 0.2) is 78.4 Å². The summed E-state index contributed by atoms with van der Waals surface area (Å²) in [5, 5.41) is 0. The third-order valence-corrected chi connectivity index (χ3v) is 4.84. The first-order valence-corrected chi connectivity index (χ1v) is 8.71. The molecule has 25 heavy (non-hydrogen) atoms. The zero-order valence-electron chi connectivity index (χ0n) is 14.3. The number of aryl methyl sites for hydroxylation is 2. The van der Waals surface area contributed by atoms with E-state index in [1.165, 1.54) is 5.56 Å². The van der Waals surface area contributed by atoms with Gasteiger partial charge in [0.1, 0.15) is 0 Å². The van der Waals surface area contributed by atoms with Crippen molar-refractivity contribution in [3.05, 3.63) is 101 Å². The highest BCUT2D eigenvalue weighted by Crippen LogP contribution is 2.30. The Morgan fingerprint density at radius 3 is 2.32 bits per heavy atom. The molecule has 1 heteroatoms. The van der Waals surface area contributed by atoms with Crippen molar-refractivity contribution in [2.24, 2.45) is 0 Å². The highest BCUT2D eigenvalue weighted by Gasteiger charge is 2.22. The summed E-state index contributed by atoms with van der Waals surface area (Å²) in [6.07, 6.45) is 3.78. The summed E-state index contributed by atoms with van der Waals surface area (Å²) in [7, 11) is 0. The molecule has 4 rings (SSSR count). The summed E-state index contributed by atoms with van der Waals surface area (Å²) in [6.45, 7) is 2.07. The molecule has 0 atom stereocenters. The quantitative estimate of drug-likeness (QED) is 0.538. The fourth-order valence-corrected chi connectivity index (χ4v) is 3.37. The molecule has 1 aliphatic carbocycles. The van der Waals surface area contributed by atoms with Gasteiger partial charge in [0, 0.05) is 11.1 Å². The van der Waals surface area contributed by atoms with E-state index < -0.39 is 0 Å². The first-order valence-electron chi connectivity index (χ1n) is 8.71. The third-order valence-electron chi connectivity index (χ3n) is 4.84.